The Labute approximate surface area is 78.8 Å². The first-order chi connectivity index (χ1) is 2.94. The topological polar surface area (TPSA) is 37.3 Å². The van der Waals surface area contributed by atoms with E-state index >= 15 is 0 Å². The summed E-state index contributed by atoms with van der Waals surface area (Å²) in [4.78, 5) is 9.71. The van der Waals surface area contributed by atoms with Crippen LogP contribution >= 0.6 is 29.8 Å². The van der Waals surface area contributed by atoms with Gasteiger partial charge in [0, 0.05) is 0 Å². The maximum absolute atomic E-state index is 9.71. The van der Waals surface area contributed by atoms with Crippen LogP contribution in [0.1, 0.15) is 0 Å². The van der Waals surface area contributed by atoms with Crippen molar-refractivity contribution in [2.24, 2.45) is 0 Å². The molecule has 0 aromatic heterocycles. The van der Waals surface area contributed by atoms with Crippen LogP contribution in [-0.4, -0.2) is 45.0 Å². The summed E-state index contributed by atoms with van der Waals surface area (Å²) in [6.45, 7) is 0. The first-order valence-electron chi connectivity index (χ1n) is 1.24. The molecular weight excluding hydrogens is 347 g/mol. The molecule has 0 unspecified atom stereocenters. The van der Waals surface area contributed by atoms with Crippen molar-refractivity contribution < 1.29 is 9.90 Å². The maximum atomic E-state index is 9.71. The van der Waals surface area contributed by atoms with E-state index in [4.69, 9.17) is 35.0 Å². The Morgan fingerprint density at radius 3 is 1.50 bits per heavy atom. The monoisotopic (exact) mass is 350 g/mol. The average Bonchev–Trinajstić information content (AvgIpc) is 1.31. The van der Waals surface area contributed by atoms with E-state index in [9.17, 15) is 4.79 Å². The molecule has 0 fully saturated rings. The molecular formula is CH5AsCl3O2Sb. The number of rotatable bonds is 1. The van der Waals surface area contributed by atoms with Gasteiger partial charge in [-0.2, -0.15) is 0 Å². The average molecular weight is 352 g/mol. The molecule has 0 saturated heterocycles. The van der Waals surface area contributed by atoms with Gasteiger partial charge in [-0.3, -0.25) is 0 Å². The number of carbonyl (C=O) groups is 1. The van der Waals surface area contributed by atoms with Crippen molar-refractivity contribution in [3.8, 4) is 0 Å². The molecule has 0 heterocycles. The minimum absolute atomic E-state index is 0. The number of hydrogen-bond donors (Lipinski definition) is 1. The van der Waals surface area contributed by atoms with Gasteiger partial charge < -0.3 is 0 Å². The summed E-state index contributed by atoms with van der Waals surface area (Å²) in [6, 6.07) is 0. The number of halogens is 3. The quantitative estimate of drug-likeness (QED) is 0.696. The van der Waals surface area contributed by atoms with Gasteiger partial charge in [0.1, 0.15) is 0 Å². The van der Waals surface area contributed by atoms with Gasteiger partial charge in [0.05, 0.1) is 0 Å². The Morgan fingerprint density at radius 1 is 1.38 bits per heavy atom. The third-order valence-electron chi connectivity index (χ3n) is 0.243. The molecule has 0 aromatic carbocycles. The molecule has 0 saturated carbocycles. The van der Waals surface area contributed by atoms with Gasteiger partial charge in [0.25, 0.3) is 0 Å². The van der Waals surface area contributed by atoms with Crippen LogP contribution < -0.4 is 0 Å². The molecule has 2 nitrogen and oxygen atoms in total. The first-order valence-corrected chi connectivity index (χ1v) is 10.6. The van der Waals surface area contributed by atoms with E-state index in [-0.39, 0.29) is 24.4 Å². The third kappa shape index (κ3) is 5.85. The van der Waals surface area contributed by atoms with Crippen molar-refractivity contribution in [1.29, 1.82) is 0 Å². The zero-order chi connectivity index (χ0) is 6.08. The molecule has 0 aromatic rings. The Bertz CT molecular complexity index is 89.8. The molecule has 0 rings (SSSR count). The van der Waals surface area contributed by atoms with Gasteiger partial charge >= 0.3 is 79.7 Å². The summed E-state index contributed by atoms with van der Waals surface area (Å²) >= 11 is 0. The second kappa shape index (κ2) is 4.52. The molecule has 8 heavy (non-hydrogen) atoms. The number of carboxylic acid groups (broad SMARTS) is 1. The van der Waals surface area contributed by atoms with E-state index in [0.29, 0.717) is 0 Å². The predicted octanol–water partition coefficient (Wildman–Crippen LogP) is 0.450. The van der Waals surface area contributed by atoms with Crippen LogP contribution in [0.5, 0.6) is 0 Å². The van der Waals surface area contributed by atoms with Gasteiger partial charge in [-0.15, -0.1) is 0 Å². The molecule has 0 atom stereocenters. The molecule has 0 radical (unpaired) electrons. The van der Waals surface area contributed by atoms with Crippen molar-refractivity contribution in [1.82, 2.24) is 0 Å². The van der Waals surface area contributed by atoms with Crippen LogP contribution in [0.3, 0.4) is 0 Å². The van der Waals surface area contributed by atoms with Gasteiger partial charge in [0.2, 0.25) is 0 Å². The van der Waals surface area contributed by atoms with Crippen molar-refractivity contribution in [2.45, 2.75) is 0 Å². The normalized spacial score (nSPS) is 11.9. The minimum atomic E-state index is -3.83. The molecule has 1 N–H and O–H groups in total. The van der Waals surface area contributed by atoms with Crippen molar-refractivity contribution >= 4 is 69.8 Å². The zero-order valence-electron chi connectivity index (χ0n) is 3.70. The van der Waals surface area contributed by atoms with Gasteiger partial charge in [0.15, 0.2) is 0 Å². The molecule has 0 aliphatic carbocycles. The third-order valence-corrected chi connectivity index (χ3v) is 3.78. The Balaban J connectivity index is 0. The van der Waals surface area contributed by atoms with Crippen LogP contribution in [0, 0.1) is 0 Å². The number of hydrogen-bond acceptors (Lipinski definition) is 1. The SMILES string of the molecule is O=C(O)[AsH](Cl)(Cl)Cl.[SbH3]. The predicted molar refractivity (Wildman–Crippen MR) is 42.7 cm³/mol. The molecule has 0 spiro atoms. The van der Waals surface area contributed by atoms with Crippen LogP contribution in [0.2, 0.25) is 0 Å². The zero-order valence-corrected chi connectivity index (χ0v) is 12.1. The summed E-state index contributed by atoms with van der Waals surface area (Å²) in [7, 11) is 11.1. The molecule has 7 heteroatoms. The van der Waals surface area contributed by atoms with Crippen molar-refractivity contribution in [3.05, 3.63) is 0 Å². The Hall–Kier alpha value is 1.72. The standard InChI is InChI=1S/CH2AsCl3O2.Sb.3H/c3-2(4,5)1(6)7;;;;/h2H,(H,6,7);;;;. The van der Waals surface area contributed by atoms with Crippen LogP contribution in [0.25, 0.3) is 0 Å². The van der Waals surface area contributed by atoms with E-state index in [1.165, 1.54) is 0 Å². The van der Waals surface area contributed by atoms with E-state index in [0.717, 1.165) is 0 Å². The van der Waals surface area contributed by atoms with Gasteiger partial charge in [-0.1, -0.05) is 0 Å². The second-order valence-electron chi connectivity index (χ2n) is 0.803. The van der Waals surface area contributed by atoms with Gasteiger partial charge in [-0.25, -0.2) is 0 Å². The Morgan fingerprint density at radius 2 is 1.50 bits per heavy atom. The summed E-state index contributed by atoms with van der Waals surface area (Å²) in [5.41, 5.74) is 0. The van der Waals surface area contributed by atoms with E-state index in [2.05, 4.69) is 0 Å². The van der Waals surface area contributed by atoms with Gasteiger partial charge in [-0.05, 0) is 0 Å². The first kappa shape index (κ1) is 12.4. The summed E-state index contributed by atoms with van der Waals surface area (Å²) < 4.78 is -1.27. The molecule has 0 amide bonds. The van der Waals surface area contributed by atoms with E-state index < -0.39 is 15.5 Å². The van der Waals surface area contributed by atoms with Crippen LogP contribution in [-0.2, 0) is 0 Å². The van der Waals surface area contributed by atoms with Crippen molar-refractivity contribution in [3.63, 3.8) is 0 Å². The molecule has 52 valence electrons. The van der Waals surface area contributed by atoms with Crippen LogP contribution in [0.15, 0.2) is 0 Å². The van der Waals surface area contributed by atoms with E-state index in [1.54, 1.807) is 0 Å². The summed E-state index contributed by atoms with van der Waals surface area (Å²) in [5, 5.41) is 7.94. The van der Waals surface area contributed by atoms with E-state index in [1.807, 2.05) is 0 Å². The summed E-state index contributed by atoms with van der Waals surface area (Å²) in [5.74, 6) is 0. The molecule has 0 bridgehead atoms. The fourth-order valence-corrected chi connectivity index (χ4v) is 0. The molecule has 0 aliphatic heterocycles. The molecule has 0 aliphatic rings. The Kier molecular flexibility index (Phi) is 7.00. The fourth-order valence-electron chi connectivity index (χ4n) is 0. The second-order valence-corrected chi connectivity index (χ2v) is 15.6. The fraction of sp³-hybridized carbons (Fsp3) is 0. The van der Waals surface area contributed by atoms with Crippen molar-refractivity contribution in [2.75, 3.05) is 0 Å². The summed E-state index contributed by atoms with van der Waals surface area (Å²) in [6.07, 6.45) is 0. The van der Waals surface area contributed by atoms with Crippen LogP contribution in [0.4, 0.5) is 4.79 Å².